The zero-order valence-corrected chi connectivity index (χ0v) is 7.02. The van der Waals surface area contributed by atoms with Crippen LogP contribution in [0, 0.1) is 12.7 Å². The minimum absolute atomic E-state index is 0.216. The van der Waals surface area contributed by atoms with E-state index in [2.05, 4.69) is 0 Å². The third kappa shape index (κ3) is 1.44. The summed E-state index contributed by atoms with van der Waals surface area (Å²) in [5.41, 5.74) is 6.54. The zero-order valence-electron chi connectivity index (χ0n) is 7.02. The smallest absolute Gasteiger partial charge is 0.161 e. The van der Waals surface area contributed by atoms with E-state index in [0.717, 1.165) is 0 Å². The Labute approximate surface area is 70.2 Å². The highest BCUT2D eigenvalue weighted by Crippen LogP contribution is 2.17. The van der Waals surface area contributed by atoms with Gasteiger partial charge in [-0.15, -0.1) is 0 Å². The van der Waals surface area contributed by atoms with E-state index in [4.69, 9.17) is 5.73 Å². The molecule has 0 heterocycles. The van der Waals surface area contributed by atoms with E-state index in [9.17, 15) is 9.18 Å². The quantitative estimate of drug-likeness (QED) is 0.513. The Kier molecular flexibility index (Phi) is 2.13. The van der Waals surface area contributed by atoms with Crippen molar-refractivity contribution in [1.82, 2.24) is 0 Å². The van der Waals surface area contributed by atoms with Gasteiger partial charge in [-0.05, 0) is 31.5 Å². The minimum Gasteiger partial charge on any atom is -0.398 e. The highest BCUT2D eigenvalue weighted by Gasteiger charge is 2.07. The summed E-state index contributed by atoms with van der Waals surface area (Å²) in [5.74, 6) is -0.610. The Morgan fingerprint density at radius 3 is 2.58 bits per heavy atom. The van der Waals surface area contributed by atoms with Crippen molar-refractivity contribution in [1.29, 1.82) is 0 Å². The molecule has 12 heavy (non-hydrogen) atoms. The standard InChI is InChI=1S/C9H10FNO/c1-5-3-9(11)7(6(2)12)4-8(5)10/h3-4H,11H2,1-2H3. The number of rotatable bonds is 1. The second-order valence-corrected chi connectivity index (χ2v) is 2.74. The maximum atomic E-state index is 12.9. The highest BCUT2D eigenvalue weighted by molar-refractivity contribution is 5.99. The van der Waals surface area contributed by atoms with Crippen LogP contribution in [0.25, 0.3) is 0 Å². The topological polar surface area (TPSA) is 43.1 Å². The van der Waals surface area contributed by atoms with E-state index in [1.165, 1.54) is 19.1 Å². The Morgan fingerprint density at radius 2 is 2.08 bits per heavy atom. The Balaban J connectivity index is 3.33. The van der Waals surface area contributed by atoms with Gasteiger partial charge in [0.1, 0.15) is 5.82 Å². The largest absolute Gasteiger partial charge is 0.398 e. The molecule has 0 spiro atoms. The summed E-state index contributed by atoms with van der Waals surface area (Å²) >= 11 is 0. The van der Waals surface area contributed by atoms with Gasteiger partial charge >= 0.3 is 0 Å². The number of anilines is 1. The molecular weight excluding hydrogens is 157 g/mol. The summed E-state index contributed by atoms with van der Waals surface area (Å²) in [4.78, 5) is 10.9. The molecule has 0 aliphatic rings. The van der Waals surface area contributed by atoms with Gasteiger partial charge in [0.2, 0.25) is 0 Å². The first kappa shape index (κ1) is 8.71. The maximum Gasteiger partial charge on any atom is 0.161 e. The van der Waals surface area contributed by atoms with Crippen LogP contribution in [0.4, 0.5) is 10.1 Å². The van der Waals surface area contributed by atoms with Crippen LogP contribution < -0.4 is 5.73 Å². The molecule has 3 heteroatoms. The monoisotopic (exact) mass is 167 g/mol. The molecular formula is C9H10FNO. The molecule has 1 rings (SSSR count). The third-order valence-corrected chi connectivity index (χ3v) is 1.71. The molecule has 2 N–H and O–H groups in total. The number of carbonyl (C=O) groups excluding carboxylic acids is 1. The molecule has 0 atom stereocenters. The third-order valence-electron chi connectivity index (χ3n) is 1.71. The summed E-state index contributed by atoms with van der Waals surface area (Å²) in [6.45, 7) is 2.97. The van der Waals surface area contributed by atoms with Gasteiger partial charge in [0, 0.05) is 11.3 Å². The van der Waals surface area contributed by atoms with Gasteiger partial charge in [0.15, 0.2) is 5.78 Å². The number of hydrogen-bond donors (Lipinski definition) is 1. The molecule has 0 saturated carbocycles. The Hall–Kier alpha value is -1.38. The van der Waals surface area contributed by atoms with Crippen LogP contribution in [0.1, 0.15) is 22.8 Å². The van der Waals surface area contributed by atoms with E-state index < -0.39 is 5.82 Å². The van der Waals surface area contributed by atoms with Crippen molar-refractivity contribution in [2.75, 3.05) is 5.73 Å². The first-order valence-electron chi connectivity index (χ1n) is 3.59. The predicted molar refractivity (Wildman–Crippen MR) is 45.6 cm³/mol. The Bertz CT molecular complexity index is 334. The molecule has 0 saturated heterocycles. The van der Waals surface area contributed by atoms with Crippen molar-refractivity contribution in [3.8, 4) is 0 Å². The summed E-state index contributed by atoms with van der Waals surface area (Å²) < 4.78 is 12.9. The van der Waals surface area contributed by atoms with Gasteiger partial charge in [0.25, 0.3) is 0 Å². The van der Waals surface area contributed by atoms with Crippen molar-refractivity contribution in [3.05, 3.63) is 29.1 Å². The normalized spacial score (nSPS) is 9.92. The number of hydrogen-bond acceptors (Lipinski definition) is 2. The number of nitrogens with two attached hydrogens (primary N) is 1. The molecule has 1 aromatic carbocycles. The van der Waals surface area contributed by atoms with E-state index >= 15 is 0 Å². The fraction of sp³-hybridized carbons (Fsp3) is 0.222. The number of halogens is 1. The molecule has 0 radical (unpaired) electrons. The fourth-order valence-electron chi connectivity index (χ4n) is 1.01. The SMILES string of the molecule is CC(=O)c1cc(F)c(C)cc1N. The van der Waals surface area contributed by atoms with Gasteiger partial charge in [-0.1, -0.05) is 0 Å². The Morgan fingerprint density at radius 1 is 1.50 bits per heavy atom. The molecule has 0 unspecified atom stereocenters. The van der Waals surface area contributed by atoms with Crippen LogP contribution >= 0.6 is 0 Å². The second kappa shape index (κ2) is 2.93. The molecule has 0 bridgehead atoms. The second-order valence-electron chi connectivity index (χ2n) is 2.74. The summed E-state index contributed by atoms with van der Waals surface area (Å²) in [6.07, 6.45) is 0. The van der Waals surface area contributed by atoms with Crippen molar-refractivity contribution >= 4 is 11.5 Å². The summed E-state index contributed by atoms with van der Waals surface area (Å²) in [6, 6.07) is 2.64. The molecule has 64 valence electrons. The molecule has 0 aliphatic carbocycles. The fourth-order valence-corrected chi connectivity index (χ4v) is 1.01. The molecule has 2 nitrogen and oxygen atoms in total. The summed E-state index contributed by atoms with van der Waals surface area (Å²) in [7, 11) is 0. The number of Topliss-reactive ketones (excluding diaryl/α,β-unsaturated/α-hetero) is 1. The molecule has 1 aromatic rings. The van der Waals surface area contributed by atoms with Crippen LogP contribution in [-0.4, -0.2) is 5.78 Å². The number of carbonyl (C=O) groups is 1. The van der Waals surface area contributed by atoms with Crippen LogP contribution in [0.3, 0.4) is 0 Å². The van der Waals surface area contributed by atoms with Crippen molar-refractivity contribution in [2.24, 2.45) is 0 Å². The average molecular weight is 167 g/mol. The molecule has 0 amide bonds. The minimum atomic E-state index is -0.394. The first-order valence-corrected chi connectivity index (χ1v) is 3.59. The molecule has 0 aromatic heterocycles. The number of aryl methyl sites for hydroxylation is 1. The first-order chi connectivity index (χ1) is 5.52. The van der Waals surface area contributed by atoms with Gasteiger partial charge in [-0.2, -0.15) is 0 Å². The van der Waals surface area contributed by atoms with Gasteiger partial charge in [0.05, 0.1) is 0 Å². The van der Waals surface area contributed by atoms with Gasteiger partial charge in [-0.25, -0.2) is 4.39 Å². The van der Waals surface area contributed by atoms with Crippen LogP contribution in [0.5, 0.6) is 0 Å². The van der Waals surface area contributed by atoms with Crippen molar-refractivity contribution in [3.63, 3.8) is 0 Å². The van der Waals surface area contributed by atoms with Crippen LogP contribution in [0.2, 0.25) is 0 Å². The lowest BCUT2D eigenvalue weighted by Gasteiger charge is -2.03. The van der Waals surface area contributed by atoms with Crippen molar-refractivity contribution < 1.29 is 9.18 Å². The number of ketones is 1. The number of nitrogen functional groups attached to an aromatic ring is 1. The maximum absolute atomic E-state index is 12.9. The van der Waals surface area contributed by atoms with E-state index in [1.807, 2.05) is 0 Å². The zero-order chi connectivity index (χ0) is 9.30. The molecule has 0 aliphatic heterocycles. The lowest BCUT2D eigenvalue weighted by Crippen LogP contribution is -2.01. The lowest BCUT2D eigenvalue weighted by atomic mass is 10.1. The lowest BCUT2D eigenvalue weighted by molar-refractivity contribution is 0.101. The van der Waals surface area contributed by atoms with E-state index in [0.29, 0.717) is 11.3 Å². The van der Waals surface area contributed by atoms with E-state index in [1.54, 1.807) is 6.92 Å². The highest BCUT2D eigenvalue weighted by atomic mass is 19.1. The van der Waals surface area contributed by atoms with Gasteiger partial charge in [-0.3, -0.25) is 4.79 Å². The van der Waals surface area contributed by atoms with Crippen LogP contribution in [-0.2, 0) is 0 Å². The van der Waals surface area contributed by atoms with Crippen LogP contribution in [0.15, 0.2) is 12.1 Å². The summed E-state index contributed by atoms with van der Waals surface area (Å²) in [5, 5.41) is 0. The van der Waals surface area contributed by atoms with Gasteiger partial charge < -0.3 is 5.73 Å². The molecule has 0 fully saturated rings. The average Bonchev–Trinajstić information content (AvgIpc) is 1.96. The van der Waals surface area contributed by atoms with Crippen molar-refractivity contribution in [2.45, 2.75) is 13.8 Å². The number of benzene rings is 1. The predicted octanol–water partition coefficient (Wildman–Crippen LogP) is 1.92. The van der Waals surface area contributed by atoms with E-state index in [-0.39, 0.29) is 11.3 Å².